The summed E-state index contributed by atoms with van der Waals surface area (Å²) in [5.74, 6) is -0.0308. The Bertz CT molecular complexity index is 1380. The van der Waals surface area contributed by atoms with Gasteiger partial charge in [-0.25, -0.2) is 15.0 Å². The predicted molar refractivity (Wildman–Crippen MR) is 182 cm³/mol. The van der Waals surface area contributed by atoms with Gasteiger partial charge in [0.05, 0.1) is 19.3 Å². The molecular formula is C35H52N6O6S. The molecule has 1 N–H and O–H groups in total. The number of likely N-dealkylation sites (N-methyl/N-ethyl adjacent to an activating group) is 1. The molecule has 1 saturated heterocycles. The van der Waals surface area contributed by atoms with Gasteiger partial charge in [0.1, 0.15) is 16.5 Å². The van der Waals surface area contributed by atoms with Gasteiger partial charge in [0.15, 0.2) is 11.9 Å². The number of esters is 1. The Labute approximate surface area is 288 Å². The molecule has 2 aromatic heterocycles. The summed E-state index contributed by atoms with van der Waals surface area (Å²) >= 11 is 1.25. The number of aromatic nitrogens is 3. The van der Waals surface area contributed by atoms with E-state index in [9.17, 15) is 19.2 Å². The van der Waals surface area contributed by atoms with Crippen LogP contribution < -0.4 is 5.32 Å². The maximum Gasteiger partial charge on any atom is 0.303 e. The second kappa shape index (κ2) is 17.4. The highest BCUT2D eigenvalue weighted by atomic mass is 32.1. The maximum absolute atomic E-state index is 14.1. The number of morpholine rings is 1. The Balaban J connectivity index is 1.47. The molecule has 1 aliphatic heterocycles. The van der Waals surface area contributed by atoms with E-state index in [2.05, 4.69) is 34.1 Å². The molecule has 0 radical (unpaired) electrons. The summed E-state index contributed by atoms with van der Waals surface area (Å²) in [6.07, 6.45) is 6.20. The van der Waals surface area contributed by atoms with Gasteiger partial charge in [-0.1, -0.05) is 27.7 Å². The van der Waals surface area contributed by atoms with Crippen molar-refractivity contribution in [2.45, 2.75) is 97.4 Å². The number of nitrogens with one attached hydrogen (secondary N) is 1. The number of Topliss-reactive ketones (excluding diaryl/α,β-unsaturated/α-hetero) is 1. The van der Waals surface area contributed by atoms with Crippen LogP contribution >= 0.6 is 11.3 Å². The lowest BCUT2D eigenvalue weighted by Crippen LogP contribution is -2.50. The van der Waals surface area contributed by atoms with E-state index in [1.807, 2.05) is 25.8 Å². The van der Waals surface area contributed by atoms with Crippen LogP contribution in [-0.4, -0.2) is 100 Å². The second-order valence-electron chi connectivity index (χ2n) is 14.0. The molecule has 5 atom stereocenters. The first kappa shape index (κ1) is 37.5. The van der Waals surface area contributed by atoms with Crippen LogP contribution in [0.5, 0.6) is 0 Å². The molecule has 2 fully saturated rings. The Morgan fingerprint density at radius 1 is 1.12 bits per heavy atom. The summed E-state index contributed by atoms with van der Waals surface area (Å²) in [5.41, 5.74) is 0.240. The summed E-state index contributed by atoms with van der Waals surface area (Å²) in [4.78, 5) is 70.1. The SMILES string of the molecule is CC(=O)O[C@H](C[C@H](C(C)C)N(C)C(=O)[C@@H](CC(=O)[C@H]1COCCN1C)C1CC1)c1nc(C(=O)N[C@@H](Cc2ncccn2)CC(C)C)cs1. The molecular weight excluding hydrogens is 632 g/mol. The molecule has 1 aliphatic carbocycles. The van der Waals surface area contributed by atoms with Crippen LogP contribution in [0.25, 0.3) is 0 Å². The number of hydrogen-bond donors (Lipinski definition) is 1. The van der Waals surface area contributed by atoms with Gasteiger partial charge in [-0.15, -0.1) is 11.3 Å². The van der Waals surface area contributed by atoms with E-state index in [4.69, 9.17) is 9.47 Å². The second-order valence-corrected chi connectivity index (χ2v) is 14.9. The fraction of sp³-hybridized carbons (Fsp3) is 0.686. The van der Waals surface area contributed by atoms with Crippen LogP contribution in [0.3, 0.4) is 0 Å². The highest BCUT2D eigenvalue weighted by molar-refractivity contribution is 7.09. The van der Waals surface area contributed by atoms with Crippen molar-refractivity contribution in [2.24, 2.45) is 23.7 Å². The largest absolute Gasteiger partial charge is 0.455 e. The first-order chi connectivity index (χ1) is 22.8. The van der Waals surface area contributed by atoms with Crippen molar-refractivity contribution in [3.05, 3.63) is 40.4 Å². The Kier molecular flexibility index (Phi) is 13.6. The topological polar surface area (TPSA) is 144 Å². The third kappa shape index (κ3) is 10.6. The normalized spacial score (nSPS) is 19.4. The Morgan fingerprint density at radius 2 is 1.83 bits per heavy atom. The zero-order chi connectivity index (χ0) is 35.0. The quantitative estimate of drug-likeness (QED) is 0.242. The molecule has 2 amide bonds. The van der Waals surface area contributed by atoms with Gasteiger partial charge in [-0.2, -0.15) is 0 Å². The van der Waals surface area contributed by atoms with Gasteiger partial charge in [-0.05, 0) is 50.1 Å². The van der Waals surface area contributed by atoms with Crippen molar-refractivity contribution < 1.29 is 28.7 Å². The maximum atomic E-state index is 14.1. The van der Waals surface area contributed by atoms with Crippen molar-refractivity contribution in [1.82, 2.24) is 30.1 Å². The zero-order valence-corrected chi connectivity index (χ0v) is 30.2. The number of hydrogen-bond acceptors (Lipinski definition) is 11. The van der Waals surface area contributed by atoms with Crippen LogP contribution in [-0.2, 0) is 30.3 Å². The Morgan fingerprint density at radius 3 is 2.44 bits per heavy atom. The van der Waals surface area contributed by atoms with Crippen molar-refractivity contribution in [1.29, 1.82) is 0 Å². The molecule has 1 saturated carbocycles. The average Bonchev–Trinajstić information content (AvgIpc) is 3.75. The van der Waals surface area contributed by atoms with E-state index in [-0.39, 0.29) is 59.7 Å². The standard InChI is InChI=1S/C35H52N6O6S/c1-21(2)15-25(16-32-36-11-8-12-37-32)38-33(44)27-20-48-34(39-27)31(47-23(5)42)18-28(22(3)4)41(7)35(45)26(24-9-10-24)17-30(43)29-19-46-14-13-40(29)6/h8,11-12,20-22,24-26,28-29,31H,9-10,13-19H2,1-7H3,(H,38,44)/t25-,26+,28-,29-,31-/m1/s1. The lowest BCUT2D eigenvalue weighted by Gasteiger charge is -2.36. The molecule has 2 aromatic rings. The van der Waals surface area contributed by atoms with Gasteiger partial charge in [0, 0.05) is 75.6 Å². The smallest absolute Gasteiger partial charge is 0.303 e. The number of ketones is 1. The number of nitrogens with zero attached hydrogens (tertiary/aromatic N) is 5. The van der Waals surface area contributed by atoms with Gasteiger partial charge in [0.25, 0.3) is 5.91 Å². The molecule has 12 nitrogen and oxygen atoms in total. The van der Waals surface area contributed by atoms with Gasteiger partial charge >= 0.3 is 5.97 Å². The monoisotopic (exact) mass is 684 g/mol. The molecule has 0 bridgehead atoms. The van der Waals surface area contributed by atoms with Gasteiger partial charge in [0.2, 0.25) is 5.91 Å². The van der Waals surface area contributed by atoms with Crippen molar-refractivity contribution >= 4 is 34.9 Å². The van der Waals surface area contributed by atoms with Crippen LogP contribution in [0.2, 0.25) is 0 Å². The average molecular weight is 685 g/mol. The lowest BCUT2D eigenvalue weighted by atomic mass is 9.90. The Hall–Kier alpha value is -3.29. The van der Waals surface area contributed by atoms with Gasteiger partial charge < -0.3 is 19.7 Å². The number of carbonyl (C=O) groups is 4. The van der Waals surface area contributed by atoms with Crippen molar-refractivity contribution in [2.75, 3.05) is 33.9 Å². The van der Waals surface area contributed by atoms with E-state index in [1.165, 1.54) is 18.3 Å². The van der Waals surface area contributed by atoms with E-state index in [0.717, 1.165) is 19.3 Å². The molecule has 264 valence electrons. The summed E-state index contributed by atoms with van der Waals surface area (Å²) in [7, 11) is 3.70. The highest BCUT2D eigenvalue weighted by Gasteiger charge is 2.42. The highest BCUT2D eigenvalue weighted by Crippen LogP contribution is 2.41. The van der Waals surface area contributed by atoms with E-state index >= 15 is 0 Å². The van der Waals surface area contributed by atoms with Gasteiger partial charge in [-0.3, -0.25) is 24.1 Å². The number of rotatable bonds is 17. The molecule has 3 heterocycles. The number of amides is 2. The van der Waals surface area contributed by atoms with E-state index < -0.39 is 18.0 Å². The lowest BCUT2D eigenvalue weighted by molar-refractivity contribution is -0.149. The third-order valence-electron chi connectivity index (χ3n) is 9.24. The molecule has 0 unspecified atom stereocenters. The third-order valence-corrected chi connectivity index (χ3v) is 10.2. The molecule has 4 rings (SSSR count). The van der Waals surface area contributed by atoms with E-state index in [1.54, 1.807) is 35.8 Å². The zero-order valence-electron chi connectivity index (χ0n) is 29.4. The van der Waals surface area contributed by atoms with E-state index in [0.29, 0.717) is 49.4 Å². The minimum atomic E-state index is -0.755. The minimum Gasteiger partial charge on any atom is -0.455 e. The summed E-state index contributed by atoms with van der Waals surface area (Å²) in [6.45, 7) is 11.2. The number of ether oxygens (including phenoxy) is 2. The van der Waals surface area contributed by atoms with Crippen LogP contribution in [0.15, 0.2) is 23.8 Å². The van der Waals surface area contributed by atoms with Crippen LogP contribution in [0, 0.1) is 23.7 Å². The molecule has 48 heavy (non-hydrogen) atoms. The summed E-state index contributed by atoms with van der Waals surface area (Å²) < 4.78 is 11.3. The molecule has 0 spiro atoms. The molecule has 2 aliphatic rings. The van der Waals surface area contributed by atoms with Crippen molar-refractivity contribution in [3.63, 3.8) is 0 Å². The predicted octanol–water partition coefficient (Wildman–Crippen LogP) is 4.11. The van der Waals surface area contributed by atoms with Crippen LogP contribution in [0.1, 0.15) is 94.1 Å². The molecule has 13 heteroatoms. The summed E-state index contributed by atoms with van der Waals surface area (Å²) in [6, 6.07) is 0.932. The van der Waals surface area contributed by atoms with Crippen molar-refractivity contribution in [3.8, 4) is 0 Å². The molecule has 0 aromatic carbocycles. The van der Waals surface area contributed by atoms with Crippen LogP contribution in [0.4, 0.5) is 0 Å². The number of carbonyl (C=O) groups excluding carboxylic acids is 4. The first-order valence-corrected chi connectivity index (χ1v) is 18.0. The fourth-order valence-electron chi connectivity index (χ4n) is 6.47. The summed E-state index contributed by atoms with van der Waals surface area (Å²) in [5, 5.41) is 5.26. The fourth-order valence-corrected chi connectivity index (χ4v) is 7.31. The number of thiazole rings is 1. The first-order valence-electron chi connectivity index (χ1n) is 17.1. The minimum absolute atomic E-state index is 0.0187.